The van der Waals surface area contributed by atoms with Crippen LogP contribution in [0.1, 0.15) is 223 Å². The molecule has 0 spiro atoms. The highest BCUT2D eigenvalue weighted by Gasteiger charge is 2.24. The van der Waals surface area contributed by atoms with Gasteiger partial charge in [0.2, 0.25) is 0 Å². The molecule has 0 saturated heterocycles. The van der Waals surface area contributed by atoms with Crippen molar-refractivity contribution >= 4 is 23.1 Å². The van der Waals surface area contributed by atoms with Crippen LogP contribution in [0.25, 0.3) is 0 Å². The zero-order valence-corrected chi connectivity index (χ0v) is 37.1. The van der Waals surface area contributed by atoms with Crippen molar-refractivity contribution in [1.29, 1.82) is 0 Å². The quantitative estimate of drug-likeness (QED) is 0.193. The lowest BCUT2D eigenvalue weighted by molar-refractivity contribution is -0.125. The van der Waals surface area contributed by atoms with E-state index >= 15 is 0 Å². The smallest absolute Gasteiger partial charge is 0.135 e. The molecular formula is C43H94O4. The summed E-state index contributed by atoms with van der Waals surface area (Å²) in [5.74, 6) is 3.84. The van der Waals surface area contributed by atoms with E-state index in [1.165, 1.54) is 38.5 Å². The predicted molar refractivity (Wildman–Crippen MR) is 217 cm³/mol. The maximum absolute atomic E-state index is 11.0. The largest absolute Gasteiger partial charge is 0.300 e. The third kappa shape index (κ3) is 98.9. The molecule has 1 unspecified atom stereocenters. The second-order valence-corrected chi connectivity index (χ2v) is 15.2. The minimum atomic E-state index is -0.117. The van der Waals surface area contributed by atoms with Crippen molar-refractivity contribution in [3.8, 4) is 0 Å². The Kier molecular flexibility index (Phi) is 67.1. The minimum absolute atomic E-state index is 0.117. The monoisotopic (exact) mass is 675 g/mol. The Balaban J connectivity index is -0.0000000649. The molecule has 0 heterocycles. The van der Waals surface area contributed by atoms with E-state index in [0.717, 1.165) is 31.6 Å². The maximum atomic E-state index is 11.0. The van der Waals surface area contributed by atoms with Gasteiger partial charge in [-0.1, -0.05) is 170 Å². The SMILES string of the molecule is CC(=O)C(C)(C)CC(C)C.CC(=O)C(C)C(C)C.CC(=O)CC(C)C.CC(=O)CCCCC(C)C.CCC.CCC.CCC.CCC. The first kappa shape index (κ1) is 64.2. The van der Waals surface area contributed by atoms with Crippen LogP contribution in [0.2, 0.25) is 0 Å². The first-order valence-electron chi connectivity index (χ1n) is 19.3. The molecule has 0 radical (unpaired) electrons. The maximum Gasteiger partial charge on any atom is 0.135 e. The number of hydrogen-bond acceptors (Lipinski definition) is 4. The number of ketones is 4. The van der Waals surface area contributed by atoms with Crippen molar-refractivity contribution < 1.29 is 19.2 Å². The van der Waals surface area contributed by atoms with Crippen LogP contribution in [0.3, 0.4) is 0 Å². The van der Waals surface area contributed by atoms with E-state index in [4.69, 9.17) is 0 Å². The van der Waals surface area contributed by atoms with Crippen molar-refractivity contribution in [2.24, 2.45) is 35.0 Å². The van der Waals surface area contributed by atoms with Gasteiger partial charge in [-0.15, -0.1) is 0 Å². The molecule has 0 fully saturated rings. The Labute approximate surface area is 300 Å². The molecule has 1 atom stereocenters. The zero-order chi connectivity index (χ0) is 39.8. The highest BCUT2D eigenvalue weighted by molar-refractivity contribution is 5.81. The van der Waals surface area contributed by atoms with Crippen molar-refractivity contribution in [3.63, 3.8) is 0 Å². The highest BCUT2D eigenvalue weighted by Crippen LogP contribution is 2.25. The van der Waals surface area contributed by atoms with E-state index in [-0.39, 0.29) is 17.1 Å². The van der Waals surface area contributed by atoms with Crippen LogP contribution < -0.4 is 0 Å². The third-order valence-corrected chi connectivity index (χ3v) is 5.77. The van der Waals surface area contributed by atoms with Gasteiger partial charge >= 0.3 is 0 Å². The van der Waals surface area contributed by atoms with Crippen molar-refractivity contribution in [2.75, 3.05) is 0 Å². The summed E-state index contributed by atoms with van der Waals surface area (Å²) in [4.78, 5) is 42.3. The first-order chi connectivity index (χ1) is 21.3. The zero-order valence-electron chi connectivity index (χ0n) is 37.1. The van der Waals surface area contributed by atoms with Crippen LogP contribution in [0, 0.1) is 35.0 Å². The molecule has 0 aromatic heterocycles. The Morgan fingerprint density at radius 2 is 0.851 bits per heavy atom. The van der Waals surface area contributed by atoms with E-state index in [0.29, 0.717) is 35.1 Å². The summed E-state index contributed by atoms with van der Waals surface area (Å²) >= 11 is 0. The Morgan fingerprint density at radius 3 is 0.957 bits per heavy atom. The van der Waals surface area contributed by atoms with Crippen LogP contribution in [-0.2, 0) is 19.2 Å². The molecule has 0 N–H and O–H groups in total. The summed E-state index contributed by atoms with van der Waals surface area (Å²) in [5, 5.41) is 0. The van der Waals surface area contributed by atoms with E-state index in [1.807, 2.05) is 34.6 Å². The fourth-order valence-corrected chi connectivity index (χ4v) is 3.14. The van der Waals surface area contributed by atoms with Gasteiger partial charge in [-0.2, -0.15) is 0 Å². The van der Waals surface area contributed by atoms with Gasteiger partial charge in [0.15, 0.2) is 0 Å². The van der Waals surface area contributed by atoms with Gasteiger partial charge in [-0.25, -0.2) is 0 Å². The molecule has 0 aliphatic rings. The van der Waals surface area contributed by atoms with Crippen LogP contribution in [0.15, 0.2) is 0 Å². The Morgan fingerprint density at radius 1 is 0.511 bits per heavy atom. The molecule has 47 heavy (non-hydrogen) atoms. The van der Waals surface area contributed by atoms with Gasteiger partial charge < -0.3 is 9.59 Å². The van der Waals surface area contributed by atoms with Gasteiger partial charge in [0.1, 0.15) is 23.1 Å². The van der Waals surface area contributed by atoms with E-state index in [1.54, 1.807) is 27.7 Å². The molecule has 0 saturated carbocycles. The predicted octanol–water partition coefficient (Wildman–Crippen LogP) is 14.6. The van der Waals surface area contributed by atoms with Gasteiger partial charge in [0.05, 0.1) is 0 Å². The van der Waals surface area contributed by atoms with E-state index in [2.05, 4.69) is 96.9 Å². The number of carbonyl (C=O) groups excluding carboxylic acids is 4. The number of Topliss-reactive ketones (excluding diaryl/α,β-unsaturated/α-hetero) is 4. The number of unbranched alkanes of at least 4 members (excludes halogenated alkanes) is 1. The van der Waals surface area contributed by atoms with E-state index in [9.17, 15) is 19.2 Å². The van der Waals surface area contributed by atoms with Crippen LogP contribution >= 0.6 is 0 Å². The number of carbonyl (C=O) groups is 4. The molecule has 290 valence electrons. The minimum Gasteiger partial charge on any atom is -0.300 e. The second-order valence-electron chi connectivity index (χ2n) is 15.2. The summed E-state index contributed by atoms with van der Waals surface area (Å²) in [5.41, 5.74) is -0.117. The normalized spacial score (nSPS) is 10.2. The van der Waals surface area contributed by atoms with Crippen LogP contribution in [-0.4, -0.2) is 23.1 Å². The lowest BCUT2D eigenvalue weighted by Gasteiger charge is -2.22. The standard InChI is InChI=1S/2C9H18O.C7H14O.C6H12O.4C3H8/c1-7(2)6-9(4,5)8(3)10;1-8(2)6-4-5-7-9(3)10;1-5(2)6(3)7(4)8;1-5(2)4-6(3)7;4*1-3-2/h7H,6H2,1-5H3;8H,4-7H2,1-3H3;5-6H,1-4H3;5H,4H2,1-3H3;4*3H2,1-2H3. The fraction of sp³-hybridized carbons (Fsp3) is 0.907. The summed E-state index contributed by atoms with van der Waals surface area (Å²) in [6.07, 6.45) is 11.0. The average Bonchev–Trinajstić information content (AvgIpc) is 2.87. The van der Waals surface area contributed by atoms with Crippen molar-refractivity contribution in [3.05, 3.63) is 0 Å². The molecule has 0 aromatic rings. The summed E-state index contributed by atoms with van der Waals surface area (Å²) in [7, 11) is 0. The topological polar surface area (TPSA) is 68.3 Å². The summed E-state index contributed by atoms with van der Waals surface area (Å²) in [6, 6.07) is 0. The van der Waals surface area contributed by atoms with Gasteiger partial charge in [0.25, 0.3) is 0 Å². The third-order valence-electron chi connectivity index (χ3n) is 5.77. The molecule has 0 amide bonds. The number of rotatable bonds is 12. The average molecular weight is 675 g/mol. The molecular weight excluding hydrogens is 580 g/mol. The molecule has 0 aliphatic carbocycles. The summed E-state index contributed by atoms with van der Waals surface area (Å²) in [6.45, 7) is 46.5. The molecule has 0 aromatic carbocycles. The highest BCUT2D eigenvalue weighted by atomic mass is 16.1. The van der Waals surface area contributed by atoms with Crippen molar-refractivity contribution in [1.82, 2.24) is 0 Å². The molecule has 0 aliphatic heterocycles. The lowest BCUT2D eigenvalue weighted by atomic mass is 9.81. The second kappa shape index (κ2) is 49.1. The molecule has 0 rings (SSSR count). The lowest BCUT2D eigenvalue weighted by Crippen LogP contribution is -2.23. The van der Waals surface area contributed by atoms with Crippen molar-refractivity contribution in [2.45, 2.75) is 223 Å². The molecule has 0 bridgehead atoms. The first-order valence-corrected chi connectivity index (χ1v) is 19.3. The molecule has 4 heteroatoms. The molecule has 4 nitrogen and oxygen atoms in total. The van der Waals surface area contributed by atoms with Crippen LogP contribution in [0.4, 0.5) is 0 Å². The summed E-state index contributed by atoms with van der Waals surface area (Å²) < 4.78 is 0. The number of hydrogen-bond donors (Lipinski definition) is 0. The van der Waals surface area contributed by atoms with Gasteiger partial charge in [-0.3, -0.25) is 9.59 Å². The Bertz CT molecular complexity index is 620. The fourth-order valence-electron chi connectivity index (χ4n) is 3.14. The Hall–Kier alpha value is -1.32. The van der Waals surface area contributed by atoms with E-state index < -0.39 is 0 Å². The van der Waals surface area contributed by atoms with Gasteiger partial charge in [0, 0.05) is 24.2 Å². The van der Waals surface area contributed by atoms with Crippen LogP contribution in [0.5, 0.6) is 0 Å². The van der Waals surface area contributed by atoms with Gasteiger partial charge in [-0.05, 0) is 64.2 Å².